The number of benzene rings is 2. The highest BCUT2D eigenvalue weighted by Crippen LogP contribution is 2.24. The van der Waals surface area contributed by atoms with E-state index < -0.39 is 0 Å². The lowest BCUT2D eigenvalue weighted by Gasteiger charge is -2.05. The van der Waals surface area contributed by atoms with Gasteiger partial charge in [0.05, 0.1) is 18.8 Å². The molecule has 0 aliphatic carbocycles. The van der Waals surface area contributed by atoms with Crippen molar-refractivity contribution in [3.8, 4) is 11.8 Å². The van der Waals surface area contributed by atoms with Crippen molar-refractivity contribution >= 4 is 23.3 Å². The molecule has 2 aromatic rings. The van der Waals surface area contributed by atoms with Crippen LogP contribution in [-0.2, 0) is 0 Å². The summed E-state index contributed by atoms with van der Waals surface area (Å²) in [4.78, 5) is 0. The molecule has 0 amide bonds. The van der Waals surface area contributed by atoms with Crippen molar-refractivity contribution in [2.75, 3.05) is 7.11 Å². The lowest BCUT2D eigenvalue weighted by atomic mass is 10.0. The van der Waals surface area contributed by atoms with Gasteiger partial charge in [0.25, 0.3) is 0 Å². The molecule has 0 saturated carbocycles. The van der Waals surface area contributed by atoms with E-state index in [-0.39, 0.29) is 0 Å². The van der Waals surface area contributed by atoms with Crippen LogP contribution < -0.4 is 4.74 Å². The first-order chi connectivity index (χ1) is 9.24. The summed E-state index contributed by atoms with van der Waals surface area (Å²) in [5.41, 5.74) is 2.27. The van der Waals surface area contributed by atoms with Gasteiger partial charge in [-0.25, -0.2) is 0 Å². The van der Waals surface area contributed by atoms with Gasteiger partial charge in [-0.15, -0.1) is 0 Å². The van der Waals surface area contributed by atoms with E-state index >= 15 is 0 Å². The predicted octanol–water partition coefficient (Wildman–Crippen LogP) is 4.41. The van der Waals surface area contributed by atoms with Crippen molar-refractivity contribution in [3.63, 3.8) is 0 Å². The van der Waals surface area contributed by atoms with E-state index in [0.29, 0.717) is 10.6 Å². The van der Waals surface area contributed by atoms with Gasteiger partial charge in [-0.2, -0.15) is 5.26 Å². The third-order valence-electron chi connectivity index (χ3n) is 2.71. The predicted molar refractivity (Wildman–Crippen MR) is 77.9 cm³/mol. The van der Waals surface area contributed by atoms with Crippen molar-refractivity contribution < 1.29 is 4.74 Å². The van der Waals surface area contributed by atoms with Gasteiger partial charge in [-0.1, -0.05) is 41.9 Å². The van der Waals surface area contributed by atoms with Gasteiger partial charge >= 0.3 is 0 Å². The summed E-state index contributed by atoms with van der Waals surface area (Å²) in [6.07, 6.45) is 1.81. The Bertz CT molecular complexity index is 639. The molecule has 94 valence electrons. The first kappa shape index (κ1) is 13.2. The minimum absolute atomic E-state index is 0.571. The molecule has 2 nitrogen and oxygen atoms in total. The highest BCUT2D eigenvalue weighted by Gasteiger charge is 2.04. The zero-order valence-corrected chi connectivity index (χ0v) is 11.2. The highest BCUT2D eigenvalue weighted by atomic mass is 35.5. The second-order valence-electron chi connectivity index (χ2n) is 3.92. The lowest BCUT2D eigenvalue weighted by Crippen LogP contribution is -1.87. The van der Waals surface area contributed by atoms with E-state index in [1.807, 2.05) is 42.5 Å². The first-order valence-electron chi connectivity index (χ1n) is 5.75. The number of hydrogen-bond donors (Lipinski definition) is 0. The van der Waals surface area contributed by atoms with Gasteiger partial charge in [0.2, 0.25) is 0 Å². The maximum Gasteiger partial charge on any atom is 0.126 e. The monoisotopic (exact) mass is 269 g/mol. The molecule has 0 bridgehead atoms. The number of halogens is 1. The fraction of sp³-hybridized carbons (Fsp3) is 0.0625. The van der Waals surface area contributed by atoms with Gasteiger partial charge in [0.1, 0.15) is 5.75 Å². The quantitative estimate of drug-likeness (QED) is 0.611. The Morgan fingerprint density at radius 3 is 2.47 bits per heavy atom. The second kappa shape index (κ2) is 6.08. The van der Waals surface area contributed by atoms with Crippen molar-refractivity contribution in [2.45, 2.75) is 0 Å². The zero-order valence-electron chi connectivity index (χ0n) is 10.4. The summed E-state index contributed by atoms with van der Waals surface area (Å²) >= 11 is 5.85. The Kier molecular flexibility index (Phi) is 4.22. The zero-order chi connectivity index (χ0) is 13.7. The summed E-state index contributed by atoms with van der Waals surface area (Å²) in [7, 11) is 1.61. The van der Waals surface area contributed by atoms with Gasteiger partial charge in [0, 0.05) is 10.6 Å². The molecule has 0 spiro atoms. The summed E-state index contributed by atoms with van der Waals surface area (Å²) < 4.78 is 5.27. The van der Waals surface area contributed by atoms with Crippen molar-refractivity contribution in [1.29, 1.82) is 5.26 Å². The smallest absolute Gasteiger partial charge is 0.126 e. The molecule has 0 fully saturated rings. The maximum absolute atomic E-state index is 9.28. The van der Waals surface area contributed by atoms with Crippen LogP contribution in [0.3, 0.4) is 0 Å². The van der Waals surface area contributed by atoms with E-state index in [9.17, 15) is 5.26 Å². The van der Waals surface area contributed by atoms with Crippen LogP contribution in [0, 0.1) is 11.3 Å². The van der Waals surface area contributed by atoms with Crippen molar-refractivity contribution in [1.82, 2.24) is 0 Å². The van der Waals surface area contributed by atoms with Crippen LogP contribution in [0.1, 0.15) is 11.1 Å². The number of rotatable bonds is 3. The standard InChI is InChI=1S/C16H12ClNO/c1-19-16-5-3-2-4-13(16)10-14(11-18)12-6-8-15(17)9-7-12/h2-10H,1H3. The summed E-state index contributed by atoms with van der Waals surface area (Å²) in [5.74, 6) is 0.740. The molecule has 2 rings (SSSR count). The fourth-order valence-corrected chi connectivity index (χ4v) is 1.88. The molecule has 0 radical (unpaired) electrons. The Balaban J connectivity index is 2.44. The Morgan fingerprint density at radius 2 is 1.84 bits per heavy atom. The van der Waals surface area contributed by atoms with E-state index in [1.165, 1.54) is 0 Å². The Labute approximate surface area is 117 Å². The van der Waals surface area contributed by atoms with E-state index in [4.69, 9.17) is 16.3 Å². The molecule has 0 N–H and O–H groups in total. The number of allylic oxidation sites excluding steroid dienone is 1. The maximum atomic E-state index is 9.28. The van der Waals surface area contributed by atoms with E-state index in [1.54, 1.807) is 19.2 Å². The molecule has 0 atom stereocenters. The molecular formula is C16H12ClNO. The van der Waals surface area contributed by atoms with Crippen LogP contribution in [0.15, 0.2) is 48.5 Å². The van der Waals surface area contributed by atoms with Gasteiger partial charge in [-0.3, -0.25) is 0 Å². The van der Waals surface area contributed by atoms with Gasteiger partial charge < -0.3 is 4.74 Å². The molecule has 0 unspecified atom stereocenters. The fourth-order valence-electron chi connectivity index (χ4n) is 1.75. The highest BCUT2D eigenvalue weighted by molar-refractivity contribution is 6.30. The number of nitrogens with zero attached hydrogens (tertiary/aromatic N) is 1. The van der Waals surface area contributed by atoms with Crippen LogP contribution >= 0.6 is 11.6 Å². The van der Waals surface area contributed by atoms with E-state index in [2.05, 4.69) is 6.07 Å². The minimum atomic E-state index is 0.571. The summed E-state index contributed by atoms with van der Waals surface area (Å²) in [6.45, 7) is 0. The van der Waals surface area contributed by atoms with Crippen LogP contribution in [0.4, 0.5) is 0 Å². The molecule has 0 saturated heterocycles. The summed E-state index contributed by atoms with van der Waals surface area (Å²) in [6, 6.07) is 17.0. The Morgan fingerprint density at radius 1 is 1.16 bits per heavy atom. The molecular weight excluding hydrogens is 258 g/mol. The Hall–Kier alpha value is -2.24. The van der Waals surface area contributed by atoms with Crippen LogP contribution in [-0.4, -0.2) is 7.11 Å². The van der Waals surface area contributed by atoms with Crippen LogP contribution in [0.2, 0.25) is 5.02 Å². The van der Waals surface area contributed by atoms with Crippen molar-refractivity contribution in [3.05, 3.63) is 64.7 Å². The number of para-hydroxylation sites is 1. The third kappa shape index (κ3) is 3.15. The molecule has 3 heteroatoms. The lowest BCUT2D eigenvalue weighted by molar-refractivity contribution is 0.414. The molecule has 0 aliphatic heterocycles. The number of ether oxygens (including phenoxy) is 1. The second-order valence-corrected chi connectivity index (χ2v) is 4.36. The largest absolute Gasteiger partial charge is 0.496 e. The van der Waals surface area contributed by atoms with Crippen LogP contribution in [0.5, 0.6) is 5.75 Å². The number of methoxy groups -OCH3 is 1. The molecule has 0 aromatic heterocycles. The average Bonchev–Trinajstić information content (AvgIpc) is 2.46. The molecule has 0 aliphatic rings. The molecule has 0 heterocycles. The van der Waals surface area contributed by atoms with Gasteiger partial charge in [0.15, 0.2) is 0 Å². The number of hydrogen-bond acceptors (Lipinski definition) is 2. The first-order valence-corrected chi connectivity index (χ1v) is 6.13. The van der Waals surface area contributed by atoms with Crippen molar-refractivity contribution in [2.24, 2.45) is 0 Å². The van der Waals surface area contributed by atoms with Gasteiger partial charge in [-0.05, 0) is 29.8 Å². The third-order valence-corrected chi connectivity index (χ3v) is 2.97. The molecule has 2 aromatic carbocycles. The normalized spacial score (nSPS) is 10.9. The minimum Gasteiger partial charge on any atom is -0.496 e. The average molecular weight is 270 g/mol. The van der Waals surface area contributed by atoms with Crippen LogP contribution in [0.25, 0.3) is 11.6 Å². The van der Waals surface area contributed by atoms with E-state index in [0.717, 1.165) is 16.9 Å². The number of nitriles is 1. The SMILES string of the molecule is COc1ccccc1C=C(C#N)c1ccc(Cl)cc1. The molecule has 19 heavy (non-hydrogen) atoms. The summed E-state index contributed by atoms with van der Waals surface area (Å²) in [5, 5.41) is 9.93. The topological polar surface area (TPSA) is 33.0 Å².